The average molecular weight is 225 g/mol. The predicted octanol–water partition coefficient (Wildman–Crippen LogP) is -0.116. The first-order valence-electron chi connectivity index (χ1n) is 5.30. The quantitative estimate of drug-likeness (QED) is 0.732. The van der Waals surface area contributed by atoms with Gasteiger partial charge >= 0.3 is 5.69 Å². The molecule has 1 fully saturated rings. The van der Waals surface area contributed by atoms with Crippen LogP contribution in [-0.4, -0.2) is 26.9 Å². The highest BCUT2D eigenvalue weighted by Gasteiger charge is 2.34. The molecule has 0 amide bonds. The Morgan fingerprint density at radius 2 is 2.50 bits per heavy atom. The van der Waals surface area contributed by atoms with Crippen molar-refractivity contribution in [2.45, 2.75) is 38.2 Å². The van der Waals surface area contributed by atoms with Gasteiger partial charge in [-0.1, -0.05) is 6.92 Å². The van der Waals surface area contributed by atoms with E-state index < -0.39 is 18.0 Å². The minimum absolute atomic E-state index is 0.187. The summed E-state index contributed by atoms with van der Waals surface area (Å²) in [5.41, 5.74) is 4.94. The summed E-state index contributed by atoms with van der Waals surface area (Å²) < 4.78 is 6.92. The maximum atomic E-state index is 11.5. The van der Waals surface area contributed by atoms with Crippen LogP contribution >= 0.6 is 0 Å². The molecule has 88 valence electrons. The number of rotatable bonds is 2. The number of anilines is 1. The fourth-order valence-electron chi connectivity index (χ4n) is 1.90. The van der Waals surface area contributed by atoms with E-state index in [1.807, 2.05) is 6.92 Å². The van der Waals surface area contributed by atoms with Gasteiger partial charge in [-0.2, -0.15) is 4.98 Å². The van der Waals surface area contributed by atoms with Gasteiger partial charge in [0.15, 0.2) is 0 Å². The van der Waals surface area contributed by atoms with Crippen molar-refractivity contribution in [3.8, 4) is 0 Å². The molecule has 2 rings (SSSR count). The highest BCUT2D eigenvalue weighted by atomic mass is 16.5. The Bertz CT molecular complexity index is 432. The van der Waals surface area contributed by atoms with Gasteiger partial charge in [0, 0.05) is 12.6 Å². The van der Waals surface area contributed by atoms with Crippen molar-refractivity contribution in [3.63, 3.8) is 0 Å². The molecule has 0 radical (unpaired) electrons. The van der Waals surface area contributed by atoms with Gasteiger partial charge in [-0.3, -0.25) is 4.57 Å². The second kappa shape index (κ2) is 4.23. The number of hydrogen-bond acceptors (Lipinski definition) is 5. The first kappa shape index (κ1) is 11.1. The Morgan fingerprint density at radius 3 is 3.06 bits per heavy atom. The molecule has 6 nitrogen and oxygen atoms in total. The lowest BCUT2D eigenvalue weighted by Gasteiger charge is -2.14. The van der Waals surface area contributed by atoms with Crippen LogP contribution in [0.3, 0.4) is 0 Å². The van der Waals surface area contributed by atoms with Crippen LogP contribution < -0.4 is 11.4 Å². The summed E-state index contributed by atoms with van der Waals surface area (Å²) in [5, 5.41) is 9.68. The normalized spacial score (nSPS) is 29.5. The van der Waals surface area contributed by atoms with E-state index >= 15 is 0 Å². The molecule has 1 aromatic rings. The van der Waals surface area contributed by atoms with E-state index in [1.54, 1.807) is 6.20 Å². The van der Waals surface area contributed by atoms with Gasteiger partial charge in [-0.05, 0) is 12.5 Å². The summed E-state index contributed by atoms with van der Waals surface area (Å²) in [6.07, 6.45) is 1.48. The number of aliphatic hydroxyl groups excluding tert-OH is 1. The van der Waals surface area contributed by atoms with Crippen LogP contribution in [0.15, 0.2) is 17.1 Å². The van der Waals surface area contributed by atoms with E-state index in [0.717, 1.165) is 6.42 Å². The fraction of sp³-hybridized carbons (Fsp3) is 0.600. The molecule has 1 aromatic heterocycles. The minimum Gasteiger partial charge on any atom is -0.390 e. The van der Waals surface area contributed by atoms with Crippen LogP contribution in [0.5, 0.6) is 0 Å². The second-order valence-corrected chi connectivity index (χ2v) is 3.88. The lowest BCUT2D eigenvalue weighted by Crippen LogP contribution is -2.27. The molecule has 3 atom stereocenters. The van der Waals surface area contributed by atoms with E-state index in [1.165, 1.54) is 10.6 Å². The molecule has 16 heavy (non-hydrogen) atoms. The van der Waals surface area contributed by atoms with Crippen molar-refractivity contribution >= 4 is 5.82 Å². The van der Waals surface area contributed by atoms with E-state index in [-0.39, 0.29) is 11.9 Å². The molecule has 2 heterocycles. The first-order chi connectivity index (χ1) is 7.61. The Kier molecular flexibility index (Phi) is 2.93. The molecule has 6 heteroatoms. The van der Waals surface area contributed by atoms with Gasteiger partial charge in [0.1, 0.15) is 12.0 Å². The summed E-state index contributed by atoms with van der Waals surface area (Å²) in [4.78, 5) is 15.2. The van der Waals surface area contributed by atoms with Crippen molar-refractivity contribution in [3.05, 3.63) is 22.7 Å². The maximum Gasteiger partial charge on any atom is 0.351 e. The zero-order valence-corrected chi connectivity index (χ0v) is 9.04. The second-order valence-electron chi connectivity index (χ2n) is 3.88. The number of nitrogens with zero attached hydrogens (tertiary/aromatic N) is 2. The zero-order chi connectivity index (χ0) is 11.7. The predicted molar refractivity (Wildman–Crippen MR) is 57.7 cm³/mol. The third kappa shape index (κ3) is 1.94. The van der Waals surface area contributed by atoms with Crippen molar-refractivity contribution in [2.75, 3.05) is 5.73 Å². The molecule has 3 N–H and O–H groups in total. The number of nitrogen functional groups attached to an aromatic ring is 1. The summed E-state index contributed by atoms with van der Waals surface area (Å²) in [7, 11) is 0. The molecule has 0 bridgehead atoms. The van der Waals surface area contributed by atoms with Crippen LogP contribution in [0.4, 0.5) is 5.82 Å². The Balaban J connectivity index is 2.23. The lowest BCUT2D eigenvalue weighted by molar-refractivity contribution is -0.0216. The number of aliphatic hydroxyl groups is 1. The monoisotopic (exact) mass is 225 g/mol. The molecule has 0 unspecified atom stereocenters. The Labute approximate surface area is 92.7 Å². The van der Waals surface area contributed by atoms with Crippen LogP contribution in [0.1, 0.15) is 26.0 Å². The molecule has 1 aliphatic heterocycles. The van der Waals surface area contributed by atoms with Gasteiger partial charge < -0.3 is 15.6 Å². The topological polar surface area (TPSA) is 90.4 Å². The highest BCUT2D eigenvalue weighted by molar-refractivity contribution is 5.23. The number of nitrogens with two attached hydrogens (primary N) is 1. The van der Waals surface area contributed by atoms with Crippen molar-refractivity contribution < 1.29 is 9.84 Å². The average Bonchev–Trinajstić information content (AvgIpc) is 2.59. The van der Waals surface area contributed by atoms with Gasteiger partial charge in [0.25, 0.3) is 0 Å². The van der Waals surface area contributed by atoms with E-state index in [9.17, 15) is 9.90 Å². The summed E-state index contributed by atoms with van der Waals surface area (Å²) in [6.45, 7) is 1.93. The van der Waals surface area contributed by atoms with Gasteiger partial charge in [0.05, 0.1) is 12.2 Å². The Hall–Kier alpha value is -1.40. The summed E-state index contributed by atoms with van der Waals surface area (Å²) in [5.74, 6) is 0.187. The van der Waals surface area contributed by atoms with E-state index in [2.05, 4.69) is 4.98 Å². The number of ether oxygens (including phenoxy) is 1. The van der Waals surface area contributed by atoms with Gasteiger partial charge in [-0.15, -0.1) is 0 Å². The zero-order valence-electron chi connectivity index (χ0n) is 9.04. The van der Waals surface area contributed by atoms with Gasteiger partial charge in [-0.25, -0.2) is 4.79 Å². The van der Waals surface area contributed by atoms with E-state index in [0.29, 0.717) is 6.42 Å². The molecule has 1 saturated heterocycles. The third-order valence-electron chi connectivity index (χ3n) is 2.77. The van der Waals surface area contributed by atoms with Gasteiger partial charge in [0.2, 0.25) is 0 Å². The minimum atomic E-state index is -0.528. The number of aromatic nitrogens is 2. The van der Waals surface area contributed by atoms with Crippen molar-refractivity contribution in [1.29, 1.82) is 0 Å². The molecular weight excluding hydrogens is 210 g/mol. The number of hydrogen-bond donors (Lipinski definition) is 2. The lowest BCUT2D eigenvalue weighted by atomic mass is 10.1. The molecule has 0 aromatic carbocycles. The molecular formula is C10H15N3O3. The highest BCUT2D eigenvalue weighted by Crippen LogP contribution is 2.28. The third-order valence-corrected chi connectivity index (χ3v) is 2.77. The molecule has 1 aliphatic rings. The molecule has 0 saturated carbocycles. The van der Waals surface area contributed by atoms with Crippen LogP contribution in [-0.2, 0) is 4.74 Å². The molecule has 0 spiro atoms. The summed E-state index contributed by atoms with van der Waals surface area (Å²) in [6, 6.07) is 1.54. The van der Waals surface area contributed by atoms with Crippen LogP contribution in [0, 0.1) is 0 Å². The SMILES string of the molecule is CC[C@H]1O[C@H](n2ccc(N)nc2=O)C[C@H]1O. The summed E-state index contributed by atoms with van der Waals surface area (Å²) >= 11 is 0. The smallest absolute Gasteiger partial charge is 0.351 e. The largest absolute Gasteiger partial charge is 0.390 e. The van der Waals surface area contributed by atoms with Crippen LogP contribution in [0.25, 0.3) is 0 Å². The van der Waals surface area contributed by atoms with Crippen molar-refractivity contribution in [2.24, 2.45) is 0 Å². The van der Waals surface area contributed by atoms with E-state index in [4.69, 9.17) is 10.5 Å². The Morgan fingerprint density at radius 1 is 1.75 bits per heavy atom. The maximum absolute atomic E-state index is 11.5. The van der Waals surface area contributed by atoms with Crippen molar-refractivity contribution in [1.82, 2.24) is 9.55 Å². The first-order valence-corrected chi connectivity index (χ1v) is 5.30. The van der Waals surface area contributed by atoms with Crippen LogP contribution in [0.2, 0.25) is 0 Å². The standard InChI is InChI=1S/C10H15N3O3/c1-2-7-6(14)5-9(16-7)13-4-3-8(11)12-10(13)15/h3-4,6-7,9,14H,2,5H2,1H3,(H2,11,12,15)/t6-,7-,9+/m1/s1. The fourth-order valence-corrected chi connectivity index (χ4v) is 1.90. The molecule has 0 aliphatic carbocycles.